The Morgan fingerprint density at radius 2 is 1.89 bits per heavy atom. The van der Waals surface area contributed by atoms with Crippen molar-refractivity contribution < 1.29 is 19.5 Å². The maximum atomic E-state index is 14.2. The van der Waals surface area contributed by atoms with E-state index in [-0.39, 0.29) is 29.6 Å². The number of anilines is 1. The normalized spacial score (nSPS) is 28.7. The number of rotatable bonds is 9. The summed E-state index contributed by atoms with van der Waals surface area (Å²) in [6.45, 7) is 2.26. The average Bonchev–Trinajstić information content (AvgIpc) is 3.55. The van der Waals surface area contributed by atoms with E-state index in [1.807, 2.05) is 37.3 Å². The zero-order valence-electron chi connectivity index (χ0n) is 20.7. The summed E-state index contributed by atoms with van der Waals surface area (Å²) < 4.78 is -0.712. The first-order valence-electron chi connectivity index (χ1n) is 12.9. The van der Waals surface area contributed by atoms with Gasteiger partial charge in [-0.3, -0.25) is 14.4 Å². The van der Waals surface area contributed by atoms with Crippen molar-refractivity contribution in [1.29, 1.82) is 0 Å². The van der Waals surface area contributed by atoms with Gasteiger partial charge < -0.3 is 20.6 Å². The van der Waals surface area contributed by atoms with Crippen molar-refractivity contribution in [3.05, 3.63) is 65.2 Å². The fourth-order valence-corrected chi connectivity index (χ4v) is 8.66. The van der Waals surface area contributed by atoms with Crippen LogP contribution in [0, 0.1) is 11.8 Å². The Morgan fingerprint density at radius 3 is 2.57 bits per heavy atom. The number of hydrogen-bond donors (Lipinski definition) is 3. The van der Waals surface area contributed by atoms with E-state index in [4.69, 9.17) is 11.6 Å². The number of nitrogens with one attached hydrogen (secondary N) is 2. The highest BCUT2D eigenvalue weighted by atomic mass is 35.5. The first-order chi connectivity index (χ1) is 17.9. The molecule has 2 bridgehead atoms. The number of thioether (sulfide) groups is 1. The van der Waals surface area contributed by atoms with Gasteiger partial charge in [0.2, 0.25) is 17.7 Å². The first-order valence-corrected chi connectivity index (χ1v) is 14.1. The van der Waals surface area contributed by atoms with Crippen molar-refractivity contribution in [3.63, 3.8) is 0 Å². The highest BCUT2D eigenvalue weighted by Gasteiger charge is 2.74. The molecular formula is C28H32ClN3O4S. The summed E-state index contributed by atoms with van der Waals surface area (Å²) in [6, 6.07) is 15.1. The predicted molar refractivity (Wildman–Crippen MR) is 145 cm³/mol. The van der Waals surface area contributed by atoms with E-state index in [2.05, 4.69) is 10.6 Å². The van der Waals surface area contributed by atoms with Crippen LogP contribution in [0.3, 0.4) is 0 Å². The summed E-state index contributed by atoms with van der Waals surface area (Å²) in [4.78, 5) is 43.0. The quantitative estimate of drug-likeness (QED) is 0.451. The van der Waals surface area contributed by atoms with Crippen molar-refractivity contribution in [3.8, 4) is 0 Å². The summed E-state index contributed by atoms with van der Waals surface area (Å²) in [7, 11) is 0. The monoisotopic (exact) mass is 541 g/mol. The van der Waals surface area contributed by atoms with Crippen molar-refractivity contribution in [1.82, 2.24) is 10.2 Å². The molecule has 37 heavy (non-hydrogen) atoms. The molecule has 3 heterocycles. The number of hydrogen-bond acceptors (Lipinski definition) is 5. The van der Waals surface area contributed by atoms with E-state index in [1.165, 1.54) is 0 Å². The Labute approximate surface area is 226 Å². The molecule has 7 nitrogen and oxygen atoms in total. The number of aliphatic hydroxyl groups is 1. The molecule has 3 aliphatic rings. The summed E-state index contributed by atoms with van der Waals surface area (Å²) in [5.74, 6) is -1.70. The molecule has 2 aromatic carbocycles. The van der Waals surface area contributed by atoms with Crippen LogP contribution in [0.4, 0.5) is 5.69 Å². The van der Waals surface area contributed by atoms with Gasteiger partial charge in [-0.2, -0.15) is 0 Å². The maximum Gasteiger partial charge on any atom is 0.248 e. The molecule has 3 fully saturated rings. The zero-order valence-corrected chi connectivity index (χ0v) is 22.3. The molecule has 0 saturated carbocycles. The van der Waals surface area contributed by atoms with E-state index >= 15 is 0 Å². The molecule has 3 saturated heterocycles. The van der Waals surface area contributed by atoms with Gasteiger partial charge in [-0.05, 0) is 55.5 Å². The molecule has 3 aliphatic heterocycles. The number of aliphatic hydroxyl groups excluding tert-OH is 1. The van der Waals surface area contributed by atoms with Crippen molar-refractivity contribution in [2.45, 2.75) is 54.7 Å². The number of carbonyl (C=O) groups is 3. The number of amides is 3. The number of fused-ring (bicyclic) bond motifs is 1. The SMILES string of the molecule is CCCNC(=O)[C@@H]1[C@@H]2CCC3(S2)C(C(=O)Nc2ccc(Cl)cc2)N([C@@H](CO)Cc2ccccc2)C(=O)[C@H]13. The molecule has 1 spiro atoms. The number of likely N-dealkylation sites (tertiary alicyclic amines) is 1. The largest absolute Gasteiger partial charge is 0.394 e. The minimum atomic E-state index is -0.805. The Kier molecular flexibility index (Phi) is 7.52. The first kappa shape index (κ1) is 26.1. The minimum absolute atomic E-state index is 0.000452. The van der Waals surface area contributed by atoms with Crippen LogP contribution in [0.2, 0.25) is 5.02 Å². The van der Waals surface area contributed by atoms with Crippen LogP contribution in [0.25, 0.3) is 0 Å². The number of nitrogens with zero attached hydrogens (tertiary/aromatic N) is 1. The van der Waals surface area contributed by atoms with Gasteiger partial charge in [0.15, 0.2) is 0 Å². The number of benzene rings is 2. The third-order valence-corrected chi connectivity index (χ3v) is 10.1. The van der Waals surface area contributed by atoms with Crippen molar-refractivity contribution >= 4 is 46.8 Å². The zero-order chi connectivity index (χ0) is 26.2. The summed E-state index contributed by atoms with van der Waals surface area (Å²) in [6.07, 6.45) is 2.67. The van der Waals surface area contributed by atoms with Gasteiger partial charge in [-0.25, -0.2) is 0 Å². The molecule has 9 heteroatoms. The van der Waals surface area contributed by atoms with Gasteiger partial charge in [-0.15, -0.1) is 11.8 Å². The Bertz CT molecular complexity index is 1160. The van der Waals surface area contributed by atoms with Gasteiger partial charge in [0.05, 0.1) is 29.2 Å². The van der Waals surface area contributed by atoms with Crippen LogP contribution in [-0.4, -0.2) is 63.0 Å². The standard InChI is InChI=1S/C28H32ClN3O4S/c1-2-14-30-25(34)22-21-12-13-28(37-21)23(22)27(36)32(20(16-33)15-17-6-4-3-5-7-17)24(28)26(35)31-19-10-8-18(29)9-11-19/h3-11,20-24,33H,2,12-16H2,1H3,(H,30,34)(H,31,35)/t20-,21+,22-,23+,24?,28?/m1/s1. The molecule has 6 atom stereocenters. The van der Waals surface area contributed by atoms with Crippen LogP contribution in [0.15, 0.2) is 54.6 Å². The smallest absolute Gasteiger partial charge is 0.248 e. The molecule has 5 rings (SSSR count). The summed E-state index contributed by atoms with van der Waals surface area (Å²) in [5.41, 5.74) is 1.55. The van der Waals surface area contributed by atoms with E-state index < -0.39 is 28.7 Å². The van der Waals surface area contributed by atoms with Crippen molar-refractivity contribution in [2.24, 2.45) is 11.8 Å². The maximum absolute atomic E-state index is 14.2. The van der Waals surface area contributed by atoms with Gasteiger partial charge in [0.25, 0.3) is 0 Å². The third kappa shape index (κ3) is 4.64. The summed E-state index contributed by atoms with van der Waals surface area (Å²) in [5, 5.41) is 17.0. The second-order valence-electron chi connectivity index (χ2n) is 10.1. The molecule has 0 aromatic heterocycles. The molecule has 0 radical (unpaired) electrons. The van der Waals surface area contributed by atoms with E-state index in [1.54, 1.807) is 40.9 Å². The highest BCUT2D eigenvalue weighted by molar-refractivity contribution is 8.02. The second-order valence-corrected chi connectivity index (χ2v) is 12.2. The van der Waals surface area contributed by atoms with Crippen LogP contribution in [-0.2, 0) is 20.8 Å². The number of carbonyl (C=O) groups excluding carboxylic acids is 3. The summed E-state index contributed by atoms with van der Waals surface area (Å²) >= 11 is 7.65. The Hall–Kier alpha value is -2.55. The molecule has 0 aliphatic carbocycles. The molecule has 3 amide bonds. The van der Waals surface area contributed by atoms with Gasteiger partial charge in [0, 0.05) is 22.5 Å². The van der Waals surface area contributed by atoms with E-state index in [0.717, 1.165) is 18.4 Å². The lowest BCUT2D eigenvalue weighted by Crippen LogP contribution is -2.55. The third-order valence-electron chi connectivity index (χ3n) is 7.87. The topological polar surface area (TPSA) is 98.7 Å². The minimum Gasteiger partial charge on any atom is -0.394 e. The lowest BCUT2D eigenvalue weighted by atomic mass is 9.70. The van der Waals surface area contributed by atoms with Gasteiger partial charge in [-0.1, -0.05) is 48.9 Å². The fourth-order valence-electron chi connectivity index (χ4n) is 6.33. The van der Waals surface area contributed by atoms with Crippen LogP contribution < -0.4 is 10.6 Å². The highest BCUT2D eigenvalue weighted by Crippen LogP contribution is 2.66. The van der Waals surface area contributed by atoms with Crippen LogP contribution in [0.5, 0.6) is 0 Å². The van der Waals surface area contributed by atoms with Crippen LogP contribution in [0.1, 0.15) is 31.7 Å². The number of halogens is 1. The van der Waals surface area contributed by atoms with E-state index in [0.29, 0.717) is 30.1 Å². The molecule has 3 N–H and O–H groups in total. The van der Waals surface area contributed by atoms with Crippen molar-refractivity contribution in [2.75, 3.05) is 18.5 Å². The Morgan fingerprint density at radius 1 is 1.16 bits per heavy atom. The lowest BCUT2D eigenvalue weighted by molar-refractivity contribution is -0.142. The van der Waals surface area contributed by atoms with E-state index in [9.17, 15) is 19.5 Å². The molecule has 196 valence electrons. The second kappa shape index (κ2) is 10.7. The Balaban J connectivity index is 1.52. The molecular weight excluding hydrogens is 510 g/mol. The predicted octanol–water partition coefficient (Wildman–Crippen LogP) is 3.50. The fraction of sp³-hybridized carbons (Fsp3) is 0.464. The lowest BCUT2D eigenvalue weighted by Gasteiger charge is -2.37. The average molecular weight is 542 g/mol. The van der Waals surface area contributed by atoms with Crippen LogP contribution >= 0.6 is 23.4 Å². The molecule has 2 aromatic rings. The van der Waals surface area contributed by atoms with Gasteiger partial charge in [0.1, 0.15) is 6.04 Å². The van der Waals surface area contributed by atoms with Gasteiger partial charge >= 0.3 is 0 Å². The molecule has 2 unspecified atom stereocenters.